The van der Waals surface area contributed by atoms with E-state index in [4.69, 9.17) is 0 Å². The number of hydrogen-bond acceptors (Lipinski definition) is 2. The highest BCUT2D eigenvalue weighted by atomic mass is 16.1. The second-order valence-corrected chi connectivity index (χ2v) is 3.72. The van der Waals surface area contributed by atoms with Crippen LogP contribution in [0.25, 0.3) is 0 Å². The van der Waals surface area contributed by atoms with Crippen molar-refractivity contribution in [2.75, 3.05) is 5.32 Å². The van der Waals surface area contributed by atoms with Gasteiger partial charge in [-0.15, -0.1) is 0 Å². The third kappa shape index (κ3) is 3.19. The summed E-state index contributed by atoms with van der Waals surface area (Å²) in [6.07, 6.45) is 3.26. The maximum Gasteiger partial charge on any atom is 0.221 e. The Balaban J connectivity index is 2.30. The van der Waals surface area contributed by atoms with Crippen molar-refractivity contribution in [3.05, 3.63) is 59.9 Å². The molecule has 0 unspecified atom stereocenters. The van der Waals surface area contributed by atoms with Gasteiger partial charge in [0.05, 0.1) is 11.3 Å². The molecule has 1 N–H and O–H groups in total. The zero-order valence-electron chi connectivity index (χ0n) is 9.97. The first-order valence-corrected chi connectivity index (χ1v) is 5.54. The Morgan fingerprint density at radius 2 is 1.94 bits per heavy atom. The fourth-order valence-electron chi connectivity index (χ4n) is 1.45. The number of pyridine rings is 1. The van der Waals surface area contributed by atoms with Crippen LogP contribution in [0.4, 0.5) is 5.69 Å². The van der Waals surface area contributed by atoms with Crippen LogP contribution in [0.15, 0.2) is 48.8 Å². The number of nitrogens with zero attached hydrogens (tertiary/aromatic N) is 1. The molecule has 0 radical (unpaired) electrons. The summed E-state index contributed by atoms with van der Waals surface area (Å²) < 4.78 is 0. The lowest BCUT2D eigenvalue weighted by molar-refractivity contribution is -0.114. The summed E-state index contributed by atoms with van der Waals surface area (Å²) in [5, 5.41) is 2.73. The molecule has 0 atom stereocenters. The summed E-state index contributed by atoms with van der Waals surface area (Å²) in [6, 6.07) is 11.4. The number of hydrogen-bond donors (Lipinski definition) is 1. The van der Waals surface area contributed by atoms with Gasteiger partial charge in [0.15, 0.2) is 0 Å². The van der Waals surface area contributed by atoms with Gasteiger partial charge in [0, 0.05) is 24.9 Å². The summed E-state index contributed by atoms with van der Waals surface area (Å²) in [6.45, 7) is 1.47. The van der Waals surface area contributed by atoms with Crippen LogP contribution in [0.2, 0.25) is 0 Å². The summed E-state index contributed by atoms with van der Waals surface area (Å²) in [5.41, 5.74) is 2.31. The first kappa shape index (κ1) is 11.9. The van der Waals surface area contributed by atoms with E-state index in [9.17, 15) is 4.79 Å². The minimum Gasteiger partial charge on any atom is -0.325 e. The molecule has 0 saturated heterocycles. The van der Waals surface area contributed by atoms with Crippen molar-refractivity contribution in [2.24, 2.45) is 0 Å². The molecular formula is C15H12N2O. The number of nitrogens with one attached hydrogen (secondary N) is 1. The van der Waals surface area contributed by atoms with E-state index >= 15 is 0 Å². The lowest BCUT2D eigenvalue weighted by Crippen LogP contribution is -2.07. The molecule has 3 heteroatoms. The van der Waals surface area contributed by atoms with E-state index < -0.39 is 0 Å². The molecule has 0 aliphatic rings. The topological polar surface area (TPSA) is 42.0 Å². The predicted molar refractivity (Wildman–Crippen MR) is 71.0 cm³/mol. The standard InChI is InChI=1S/C15H12N2O/c1-12(18)17-15-9-10-16-11-14(15)8-7-13-5-3-2-4-6-13/h2-6,9-11H,1H3,(H,16,17,18). The minimum absolute atomic E-state index is 0.121. The molecule has 0 saturated carbocycles. The predicted octanol–water partition coefficient (Wildman–Crippen LogP) is 2.44. The van der Waals surface area contributed by atoms with Gasteiger partial charge >= 0.3 is 0 Å². The average molecular weight is 236 g/mol. The van der Waals surface area contributed by atoms with Gasteiger partial charge < -0.3 is 5.32 Å². The van der Waals surface area contributed by atoms with E-state index in [0.29, 0.717) is 11.3 Å². The summed E-state index contributed by atoms with van der Waals surface area (Å²) >= 11 is 0. The number of aromatic nitrogens is 1. The van der Waals surface area contributed by atoms with Crippen LogP contribution >= 0.6 is 0 Å². The van der Waals surface area contributed by atoms with Crippen molar-refractivity contribution < 1.29 is 4.79 Å². The molecule has 1 aromatic carbocycles. The molecule has 18 heavy (non-hydrogen) atoms. The van der Waals surface area contributed by atoms with Gasteiger partial charge in [0.25, 0.3) is 0 Å². The second kappa shape index (κ2) is 5.65. The molecule has 0 spiro atoms. The first-order valence-electron chi connectivity index (χ1n) is 5.54. The van der Waals surface area contributed by atoms with Crippen LogP contribution in [0.3, 0.4) is 0 Å². The first-order chi connectivity index (χ1) is 8.75. The maximum atomic E-state index is 11.1. The molecule has 0 aliphatic carbocycles. The second-order valence-electron chi connectivity index (χ2n) is 3.72. The van der Waals surface area contributed by atoms with Gasteiger partial charge in [0.2, 0.25) is 5.91 Å². The Morgan fingerprint density at radius 3 is 2.67 bits per heavy atom. The van der Waals surface area contributed by atoms with Crippen LogP contribution in [0, 0.1) is 11.8 Å². The number of rotatable bonds is 1. The number of anilines is 1. The van der Waals surface area contributed by atoms with Gasteiger partial charge in [-0.2, -0.15) is 0 Å². The molecule has 1 heterocycles. The Kier molecular flexibility index (Phi) is 3.72. The SMILES string of the molecule is CC(=O)Nc1ccncc1C#Cc1ccccc1. The van der Waals surface area contributed by atoms with Gasteiger partial charge in [-0.1, -0.05) is 30.0 Å². The molecule has 0 fully saturated rings. The fourth-order valence-corrected chi connectivity index (χ4v) is 1.45. The molecular weight excluding hydrogens is 224 g/mol. The molecule has 3 nitrogen and oxygen atoms in total. The molecule has 2 rings (SSSR count). The Morgan fingerprint density at radius 1 is 1.17 bits per heavy atom. The number of carbonyl (C=O) groups excluding carboxylic acids is 1. The van der Waals surface area contributed by atoms with Gasteiger partial charge in [-0.3, -0.25) is 9.78 Å². The molecule has 88 valence electrons. The zero-order valence-corrected chi connectivity index (χ0v) is 9.97. The monoisotopic (exact) mass is 236 g/mol. The minimum atomic E-state index is -0.121. The maximum absolute atomic E-state index is 11.1. The van der Waals surface area contributed by atoms with E-state index in [1.54, 1.807) is 18.5 Å². The van der Waals surface area contributed by atoms with Crippen molar-refractivity contribution in [3.63, 3.8) is 0 Å². The molecule has 1 aromatic heterocycles. The zero-order chi connectivity index (χ0) is 12.8. The van der Waals surface area contributed by atoms with E-state index in [-0.39, 0.29) is 5.91 Å². The van der Waals surface area contributed by atoms with Crippen molar-refractivity contribution in [1.82, 2.24) is 4.98 Å². The Bertz CT molecular complexity index is 609. The van der Waals surface area contributed by atoms with E-state index in [1.165, 1.54) is 6.92 Å². The van der Waals surface area contributed by atoms with Crippen molar-refractivity contribution >= 4 is 11.6 Å². The lowest BCUT2D eigenvalue weighted by Gasteiger charge is -2.03. The number of benzene rings is 1. The number of amides is 1. The van der Waals surface area contributed by atoms with E-state index in [0.717, 1.165) is 5.56 Å². The van der Waals surface area contributed by atoms with Crippen molar-refractivity contribution in [2.45, 2.75) is 6.92 Å². The smallest absolute Gasteiger partial charge is 0.221 e. The van der Waals surface area contributed by atoms with Crippen LogP contribution in [0.1, 0.15) is 18.1 Å². The van der Waals surface area contributed by atoms with Crippen LogP contribution < -0.4 is 5.32 Å². The lowest BCUT2D eigenvalue weighted by atomic mass is 10.2. The molecule has 0 bridgehead atoms. The van der Waals surface area contributed by atoms with Crippen LogP contribution in [0.5, 0.6) is 0 Å². The molecule has 0 aliphatic heterocycles. The summed E-state index contributed by atoms with van der Waals surface area (Å²) in [5.74, 6) is 5.92. The molecule has 2 aromatic rings. The highest BCUT2D eigenvalue weighted by Gasteiger charge is 2.00. The third-order valence-electron chi connectivity index (χ3n) is 2.25. The summed E-state index contributed by atoms with van der Waals surface area (Å²) in [4.78, 5) is 15.1. The largest absolute Gasteiger partial charge is 0.325 e. The van der Waals surface area contributed by atoms with E-state index in [2.05, 4.69) is 22.1 Å². The normalized spacial score (nSPS) is 9.17. The van der Waals surface area contributed by atoms with Gasteiger partial charge in [-0.05, 0) is 18.2 Å². The van der Waals surface area contributed by atoms with Crippen LogP contribution in [-0.4, -0.2) is 10.9 Å². The highest BCUT2D eigenvalue weighted by Crippen LogP contribution is 2.12. The number of carbonyl (C=O) groups is 1. The highest BCUT2D eigenvalue weighted by molar-refractivity contribution is 5.90. The fraction of sp³-hybridized carbons (Fsp3) is 0.0667. The Hall–Kier alpha value is -2.60. The van der Waals surface area contributed by atoms with Crippen molar-refractivity contribution in [1.29, 1.82) is 0 Å². The quantitative estimate of drug-likeness (QED) is 0.773. The van der Waals surface area contributed by atoms with Crippen molar-refractivity contribution in [3.8, 4) is 11.8 Å². The van der Waals surface area contributed by atoms with Gasteiger partial charge in [0.1, 0.15) is 0 Å². The van der Waals surface area contributed by atoms with Gasteiger partial charge in [-0.25, -0.2) is 0 Å². The van der Waals surface area contributed by atoms with E-state index in [1.807, 2.05) is 30.3 Å². The average Bonchev–Trinajstić information content (AvgIpc) is 2.38. The Labute approximate surface area is 106 Å². The van der Waals surface area contributed by atoms with Crippen LogP contribution in [-0.2, 0) is 4.79 Å². The molecule has 1 amide bonds. The third-order valence-corrected chi connectivity index (χ3v) is 2.25. The summed E-state index contributed by atoms with van der Waals surface area (Å²) in [7, 11) is 0.